The van der Waals surface area contributed by atoms with E-state index in [-0.39, 0.29) is 21.9 Å². The third-order valence-electron chi connectivity index (χ3n) is 7.14. The zero-order valence-electron chi connectivity index (χ0n) is 21.2. The molecule has 10 heteroatoms. The molecule has 1 aliphatic heterocycles. The first-order valence-corrected chi connectivity index (χ1v) is 13.6. The van der Waals surface area contributed by atoms with E-state index in [1.165, 1.54) is 42.5 Å². The summed E-state index contributed by atoms with van der Waals surface area (Å²) in [7, 11) is 0. The molecule has 2 fully saturated rings. The van der Waals surface area contributed by atoms with Gasteiger partial charge in [-0.1, -0.05) is 54.2 Å². The summed E-state index contributed by atoms with van der Waals surface area (Å²) in [5, 5.41) is 2.03. The number of Topliss-reactive ketones (excluding diaryl/α,β-unsaturated/α-hetero) is 1. The molecule has 0 unspecified atom stereocenters. The van der Waals surface area contributed by atoms with E-state index in [1.807, 2.05) is 0 Å². The van der Waals surface area contributed by atoms with Gasteiger partial charge in [-0.3, -0.25) is 19.2 Å². The van der Waals surface area contributed by atoms with Crippen molar-refractivity contribution in [3.63, 3.8) is 0 Å². The maximum atomic E-state index is 13.7. The summed E-state index contributed by atoms with van der Waals surface area (Å²) in [5.74, 6) is -3.67. The second-order valence-corrected chi connectivity index (χ2v) is 10.5. The fourth-order valence-electron chi connectivity index (χ4n) is 5.09. The number of hydrazine groups is 1. The predicted molar refractivity (Wildman–Crippen MR) is 147 cm³/mol. The van der Waals surface area contributed by atoms with Crippen LogP contribution in [0.1, 0.15) is 56.8 Å². The Balaban J connectivity index is 1.39. The van der Waals surface area contributed by atoms with Crippen LogP contribution in [0.4, 0.5) is 0 Å². The van der Waals surface area contributed by atoms with E-state index < -0.39 is 47.9 Å². The molecule has 0 bridgehead atoms. The monoisotopic (exact) mass is 578 g/mol. The summed E-state index contributed by atoms with van der Waals surface area (Å²) in [6.07, 6.45) is 2.72. The number of ether oxygens (including phenoxy) is 1. The van der Waals surface area contributed by atoms with Gasteiger partial charge in [0.15, 0.2) is 5.78 Å². The van der Waals surface area contributed by atoms with Gasteiger partial charge >= 0.3 is 5.97 Å². The number of esters is 1. The number of hydrogen-bond acceptors (Lipinski definition) is 6. The average Bonchev–Trinajstić information content (AvgIpc) is 3.21. The fourth-order valence-corrected chi connectivity index (χ4v) is 5.58. The number of amides is 3. The van der Waals surface area contributed by atoms with Gasteiger partial charge in [-0.2, -0.15) is 5.01 Å². The number of hydrogen-bond donors (Lipinski definition) is 0. The van der Waals surface area contributed by atoms with Gasteiger partial charge in [0.2, 0.25) is 0 Å². The molecule has 3 amide bonds. The van der Waals surface area contributed by atoms with Crippen LogP contribution in [0, 0.1) is 11.8 Å². The van der Waals surface area contributed by atoms with E-state index in [9.17, 15) is 24.0 Å². The number of rotatable bonds is 7. The molecule has 3 aromatic rings. The highest BCUT2D eigenvalue weighted by Crippen LogP contribution is 2.39. The van der Waals surface area contributed by atoms with E-state index in [2.05, 4.69) is 0 Å². The molecule has 5 rings (SSSR count). The number of nitrogens with zero attached hydrogens (tertiary/aromatic N) is 2. The van der Waals surface area contributed by atoms with Crippen LogP contribution in [0.3, 0.4) is 0 Å². The Morgan fingerprint density at radius 2 is 1.45 bits per heavy atom. The predicted octanol–water partition coefficient (Wildman–Crippen LogP) is 5.63. The molecule has 0 N–H and O–H groups in total. The highest BCUT2D eigenvalue weighted by molar-refractivity contribution is 6.36. The van der Waals surface area contributed by atoms with Crippen LogP contribution in [0.5, 0.6) is 5.75 Å². The van der Waals surface area contributed by atoms with E-state index in [0.29, 0.717) is 23.4 Å². The minimum Gasteiger partial charge on any atom is -0.423 e. The Kier molecular flexibility index (Phi) is 8.00. The van der Waals surface area contributed by atoms with E-state index in [1.54, 1.807) is 30.3 Å². The van der Waals surface area contributed by atoms with Crippen LogP contribution in [-0.4, -0.2) is 46.0 Å². The zero-order chi connectivity index (χ0) is 28.4. The lowest BCUT2D eigenvalue weighted by Gasteiger charge is -2.30. The first-order valence-electron chi connectivity index (χ1n) is 12.8. The second-order valence-electron chi connectivity index (χ2n) is 9.68. The lowest BCUT2D eigenvalue weighted by molar-refractivity contribution is -0.154. The Hall–Kier alpha value is -4.01. The minimum absolute atomic E-state index is 0.00230. The summed E-state index contributed by atoms with van der Waals surface area (Å²) in [5.41, 5.74) is 0.562. The molecule has 0 radical (unpaired) electrons. The van der Waals surface area contributed by atoms with Gasteiger partial charge < -0.3 is 4.74 Å². The van der Waals surface area contributed by atoms with Crippen molar-refractivity contribution in [2.45, 2.75) is 25.7 Å². The first-order chi connectivity index (χ1) is 19.2. The Morgan fingerprint density at radius 3 is 2.05 bits per heavy atom. The maximum Gasteiger partial charge on any atom is 0.343 e. The van der Waals surface area contributed by atoms with Gasteiger partial charge in [0.25, 0.3) is 17.7 Å². The average molecular weight is 579 g/mol. The van der Waals surface area contributed by atoms with Crippen molar-refractivity contribution in [2.24, 2.45) is 11.8 Å². The minimum atomic E-state index is -0.774. The molecule has 204 valence electrons. The molecule has 0 aromatic heterocycles. The molecule has 2 atom stereocenters. The van der Waals surface area contributed by atoms with Crippen molar-refractivity contribution in [2.75, 3.05) is 6.54 Å². The molecule has 0 spiro atoms. The van der Waals surface area contributed by atoms with Crippen LogP contribution in [0.15, 0.2) is 72.8 Å². The smallest absolute Gasteiger partial charge is 0.343 e. The number of carbonyl (C=O) groups is 5. The molecule has 3 aromatic carbocycles. The standard InChI is InChI=1S/C30H24Cl2N2O6/c31-20-12-15-24(25(32)16-20)27(36)33(34-28(37)22-8-4-5-9-23(22)29(34)38)17-26(35)18-10-13-21(14-11-18)40-30(39)19-6-2-1-3-7-19/h1-3,6-7,10-16,22-23H,4-5,8-9,17H2/t22-,23-/m1/s1. The highest BCUT2D eigenvalue weighted by atomic mass is 35.5. The third kappa shape index (κ3) is 5.50. The first kappa shape index (κ1) is 27.6. The van der Waals surface area contributed by atoms with Gasteiger partial charge in [-0.15, -0.1) is 0 Å². The molecule has 1 saturated heterocycles. The van der Waals surface area contributed by atoms with E-state index in [0.717, 1.165) is 22.9 Å². The Bertz CT molecular complexity index is 1470. The van der Waals surface area contributed by atoms with Gasteiger partial charge in [-0.25, -0.2) is 9.80 Å². The number of imide groups is 1. The lowest BCUT2D eigenvalue weighted by Crippen LogP contribution is -2.52. The zero-order valence-corrected chi connectivity index (χ0v) is 22.7. The third-order valence-corrected chi connectivity index (χ3v) is 7.69. The largest absolute Gasteiger partial charge is 0.423 e. The number of fused-ring (bicyclic) bond motifs is 1. The van der Waals surface area contributed by atoms with Gasteiger partial charge in [-0.05, 0) is 67.4 Å². The normalized spacial score (nSPS) is 18.3. The van der Waals surface area contributed by atoms with Crippen LogP contribution in [0.25, 0.3) is 0 Å². The van der Waals surface area contributed by atoms with Crippen molar-refractivity contribution < 1.29 is 28.7 Å². The fraction of sp³-hybridized carbons (Fsp3) is 0.233. The molecule has 8 nitrogen and oxygen atoms in total. The Morgan fingerprint density at radius 1 is 0.825 bits per heavy atom. The topological polar surface area (TPSA) is 101 Å². The van der Waals surface area contributed by atoms with Crippen molar-refractivity contribution in [3.8, 4) is 5.75 Å². The number of carbonyl (C=O) groups excluding carboxylic acids is 5. The van der Waals surface area contributed by atoms with Crippen molar-refractivity contribution in [1.82, 2.24) is 10.0 Å². The van der Waals surface area contributed by atoms with Crippen LogP contribution >= 0.6 is 23.2 Å². The molecular formula is C30H24Cl2N2O6. The van der Waals surface area contributed by atoms with E-state index >= 15 is 0 Å². The summed E-state index contributed by atoms with van der Waals surface area (Å²) < 4.78 is 5.36. The molecular weight excluding hydrogens is 555 g/mol. The molecule has 40 heavy (non-hydrogen) atoms. The van der Waals surface area contributed by atoms with Crippen LogP contribution in [0.2, 0.25) is 10.0 Å². The molecule has 1 aliphatic carbocycles. The maximum absolute atomic E-state index is 13.7. The quantitative estimate of drug-likeness (QED) is 0.156. The van der Waals surface area contributed by atoms with E-state index in [4.69, 9.17) is 27.9 Å². The second kappa shape index (κ2) is 11.6. The summed E-state index contributed by atoms with van der Waals surface area (Å²) in [6.45, 7) is -0.585. The lowest BCUT2D eigenvalue weighted by atomic mass is 9.81. The summed E-state index contributed by atoms with van der Waals surface area (Å²) >= 11 is 12.3. The highest BCUT2D eigenvalue weighted by Gasteiger charge is 2.52. The molecule has 1 heterocycles. The molecule has 1 saturated carbocycles. The van der Waals surface area contributed by atoms with Crippen molar-refractivity contribution in [1.29, 1.82) is 0 Å². The number of halogens is 2. The van der Waals surface area contributed by atoms with Crippen molar-refractivity contribution >= 4 is 52.7 Å². The number of ketones is 1. The summed E-state index contributed by atoms with van der Waals surface area (Å²) in [6, 6.07) is 18.5. The number of benzene rings is 3. The van der Waals surface area contributed by atoms with Gasteiger partial charge in [0.05, 0.1) is 28.0 Å². The van der Waals surface area contributed by atoms with Crippen molar-refractivity contribution in [3.05, 3.63) is 99.5 Å². The Labute approximate surface area is 240 Å². The molecule has 2 aliphatic rings. The summed E-state index contributed by atoms with van der Waals surface area (Å²) in [4.78, 5) is 66.1. The van der Waals surface area contributed by atoms with Gasteiger partial charge in [0, 0.05) is 10.6 Å². The van der Waals surface area contributed by atoms with Gasteiger partial charge in [0.1, 0.15) is 12.3 Å². The van der Waals surface area contributed by atoms with Crippen LogP contribution in [-0.2, 0) is 9.59 Å². The van der Waals surface area contributed by atoms with Crippen LogP contribution < -0.4 is 4.74 Å². The SMILES string of the molecule is O=C(CN(C(=O)c1ccc(Cl)cc1Cl)N1C(=O)[C@@H]2CCCC[C@H]2C1=O)c1ccc(OC(=O)c2ccccc2)cc1.